The molecule has 0 bridgehead atoms. The first-order valence-electron chi connectivity index (χ1n) is 10.5. The van der Waals surface area contributed by atoms with E-state index in [1.165, 1.54) is 43.1 Å². The van der Waals surface area contributed by atoms with Crippen LogP contribution in [0.15, 0.2) is 9.59 Å². The van der Waals surface area contributed by atoms with E-state index in [0.29, 0.717) is 17.1 Å². The molecule has 0 saturated carbocycles. The zero-order chi connectivity index (χ0) is 19.8. The van der Waals surface area contributed by atoms with Crippen molar-refractivity contribution >= 4 is 17.1 Å². The number of rotatable bonds is 12. The lowest BCUT2D eigenvalue weighted by Crippen LogP contribution is -2.29. The van der Waals surface area contributed by atoms with Crippen molar-refractivity contribution in [2.45, 2.75) is 91.1 Å². The lowest BCUT2D eigenvalue weighted by Gasteiger charge is -2.14. The number of aromatic amines is 1. The molecule has 0 amide bonds. The van der Waals surface area contributed by atoms with Gasteiger partial charge in [0.05, 0.1) is 0 Å². The van der Waals surface area contributed by atoms with Crippen LogP contribution >= 0.6 is 0 Å². The molecule has 7 nitrogen and oxygen atoms in total. The summed E-state index contributed by atoms with van der Waals surface area (Å²) < 4.78 is 3.35. The molecule has 7 heteroatoms. The van der Waals surface area contributed by atoms with E-state index in [1.54, 1.807) is 7.05 Å². The molecule has 0 aliphatic heterocycles. The third-order valence-corrected chi connectivity index (χ3v) is 5.23. The molecule has 0 saturated heterocycles. The van der Waals surface area contributed by atoms with E-state index in [0.717, 1.165) is 25.8 Å². The number of aromatic nitrogens is 4. The maximum atomic E-state index is 12.4. The average Bonchev–Trinajstić information content (AvgIpc) is 3.00. The zero-order valence-corrected chi connectivity index (χ0v) is 17.3. The Hall–Kier alpha value is -2.05. The first kappa shape index (κ1) is 21.3. The summed E-state index contributed by atoms with van der Waals surface area (Å²) in [4.78, 5) is 31.3. The number of imidazole rings is 1. The highest BCUT2D eigenvalue weighted by atomic mass is 16.2. The fraction of sp³-hybridized carbons (Fsp3) is 0.750. The lowest BCUT2D eigenvalue weighted by molar-refractivity contribution is 0.548. The normalized spacial score (nSPS) is 12.6. The Bertz CT molecular complexity index is 833. The molecule has 0 aromatic carbocycles. The molecule has 1 atom stereocenters. The second-order valence-corrected chi connectivity index (χ2v) is 7.51. The molecule has 2 N–H and O–H groups in total. The Morgan fingerprint density at radius 1 is 1.04 bits per heavy atom. The maximum absolute atomic E-state index is 12.4. The molecule has 2 aromatic heterocycles. The van der Waals surface area contributed by atoms with Crippen molar-refractivity contribution in [1.82, 2.24) is 19.1 Å². The van der Waals surface area contributed by atoms with Gasteiger partial charge in [0.2, 0.25) is 5.95 Å². The summed E-state index contributed by atoms with van der Waals surface area (Å²) >= 11 is 0. The second kappa shape index (κ2) is 10.3. The smallest absolute Gasteiger partial charge is 0.329 e. The molecule has 27 heavy (non-hydrogen) atoms. The van der Waals surface area contributed by atoms with Crippen LogP contribution in [-0.2, 0) is 13.6 Å². The van der Waals surface area contributed by atoms with Gasteiger partial charge in [0, 0.05) is 19.6 Å². The van der Waals surface area contributed by atoms with E-state index >= 15 is 0 Å². The molecule has 152 valence electrons. The summed E-state index contributed by atoms with van der Waals surface area (Å²) in [6, 6.07) is 0.246. The van der Waals surface area contributed by atoms with E-state index in [1.807, 2.05) is 4.57 Å². The molecule has 2 heterocycles. The van der Waals surface area contributed by atoms with E-state index in [-0.39, 0.29) is 11.6 Å². The Morgan fingerprint density at radius 3 is 2.30 bits per heavy atom. The van der Waals surface area contributed by atoms with Gasteiger partial charge in [-0.2, -0.15) is 4.98 Å². The summed E-state index contributed by atoms with van der Waals surface area (Å²) in [5.41, 5.74) is 0.122. The number of nitrogens with zero attached hydrogens (tertiary/aromatic N) is 3. The average molecular weight is 378 g/mol. The SMILES string of the molecule is CCCCCCCCCCn1c(N[C@@H](C)CC)nc2c1c(=O)[nH]c(=O)n2C. The third kappa shape index (κ3) is 5.47. The number of H-pyrrole nitrogens is 1. The minimum Gasteiger partial charge on any atom is -0.353 e. The van der Waals surface area contributed by atoms with Crippen molar-refractivity contribution in [3.63, 3.8) is 0 Å². The third-order valence-electron chi connectivity index (χ3n) is 5.23. The minimum atomic E-state index is -0.431. The van der Waals surface area contributed by atoms with E-state index in [9.17, 15) is 9.59 Å². The van der Waals surface area contributed by atoms with Gasteiger partial charge < -0.3 is 9.88 Å². The predicted octanol–water partition coefficient (Wildman–Crippen LogP) is 3.77. The van der Waals surface area contributed by atoms with Gasteiger partial charge in [-0.25, -0.2) is 4.79 Å². The Labute approximate surface area is 161 Å². The number of fused-ring (bicyclic) bond motifs is 1. The Morgan fingerprint density at radius 2 is 1.67 bits per heavy atom. The second-order valence-electron chi connectivity index (χ2n) is 7.51. The summed E-state index contributed by atoms with van der Waals surface area (Å²) in [7, 11) is 1.64. The predicted molar refractivity (Wildman–Crippen MR) is 112 cm³/mol. The molecule has 0 radical (unpaired) electrons. The summed E-state index contributed by atoms with van der Waals surface area (Å²) in [5, 5.41) is 3.38. The molecular formula is C20H35N5O2. The summed E-state index contributed by atoms with van der Waals surface area (Å²) in [5.74, 6) is 0.675. The monoisotopic (exact) mass is 377 g/mol. The number of aryl methyl sites for hydroxylation is 2. The number of nitrogens with one attached hydrogen (secondary N) is 2. The molecule has 0 aliphatic rings. The fourth-order valence-electron chi connectivity index (χ4n) is 3.29. The number of hydrogen-bond donors (Lipinski definition) is 2. The van der Waals surface area contributed by atoms with E-state index in [4.69, 9.17) is 0 Å². The van der Waals surface area contributed by atoms with Crippen molar-refractivity contribution in [3.05, 3.63) is 20.8 Å². The number of hydrogen-bond acceptors (Lipinski definition) is 4. The van der Waals surface area contributed by atoms with Gasteiger partial charge in [-0.1, -0.05) is 58.8 Å². The first-order chi connectivity index (χ1) is 13.0. The molecule has 0 unspecified atom stereocenters. The highest BCUT2D eigenvalue weighted by Gasteiger charge is 2.17. The van der Waals surface area contributed by atoms with Crippen molar-refractivity contribution in [2.24, 2.45) is 7.05 Å². The topological polar surface area (TPSA) is 84.7 Å². The molecule has 0 spiro atoms. The van der Waals surface area contributed by atoms with Gasteiger partial charge in [0.25, 0.3) is 5.56 Å². The van der Waals surface area contributed by atoms with E-state index < -0.39 is 5.69 Å². The summed E-state index contributed by atoms with van der Waals surface area (Å²) in [6.45, 7) is 7.15. The fourth-order valence-corrected chi connectivity index (χ4v) is 3.29. The van der Waals surface area contributed by atoms with Crippen molar-refractivity contribution in [1.29, 1.82) is 0 Å². The van der Waals surface area contributed by atoms with Gasteiger partial charge in [-0.05, 0) is 19.8 Å². The Balaban J connectivity index is 2.13. The van der Waals surface area contributed by atoms with Crippen LogP contribution in [0.4, 0.5) is 5.95 Å². The molecule has 0 fully saturated rings. The van der Waals surface area contributed by atoms with Crippen LogP contribution < -0.4 is 16.6 Å². The maximum Gasteiger partial charge on any atom is 0.329 e. The van der Waals surface area contributed by atoms with Crippen LogP contribution in [0, 0.1) is 0 Å². The molecule has 2 aromatic rings. The van der Waals surface area contributed by atoms with Gasteiger partial charge >= 0.3 is 5.69 Å². The van der Waals surface area contributed by atoms with Crippen LogP contribution in [0.25, 0.3) is 11.2 Å². The highest BCUT2D eigenvalue weighted by Crippen LogP contribution is 2.18. The van der Waals surface area contributed by atoms with Crippen molar-refractivity contribution in [2.75, 3.05) is 5.32 Å². The van der Waals surface area contributed by atoms with Gasteiger partial charge in [0.15, 0.2) is 11.2 Å². The molecule has 0 aliphatic carbocycles. The van der Waals surface area contributed by atoms with Crippen LogP contribution in [0.2, 0.25) is 0 Å². The lowest BCUT2D eigenvalue weighted by atomic mass is 10.1. The quantitative estimate of drug-likeness (QED) is 0.551. The Kier molecular flexibility index (Phi) is 8.13. The van der Waals surface area contributed by atoms with Crippen LogP contribution in [0.5, 0.6) is 0 Å². The van der Waals surface area contributed by atoms with Gasteiger partial charge in [-0.15, -0.1) is 0 Å². The van der Waals surface area contributed by atoms with Crippen molar-refractivity contribution in [3.8, 4) is 0 Å². The number of anilines is 1. The molecular weight excluding hydrogens is 342 g/mol. The van der Waals surface area contributed by atoms with Gasteiger partial charge in [0.1, 0.15) is 0 Å². The van der Waals surface area contributed by atoms with Crippen LogP contribution in [0.1, 0.15) is 78.6 Å². The largest absolute Gasteiger partial charge is 0.353 e. The van der Waals surface area contributed by atoms with Crippen LogP contribution in [-0.4, -0.2) is 25.1 Å². The minimum absolute atomic E-state index is 0.246. The van der Waals surface area contributed by atoms with Crippen molar-refractivity contribution < 1.29 is 0 Å². The van der Waals surface area contributed by atoms with E-state index in [2.05, 4.69) is 36.1 Å². The van der Waals surface area contributed by atoms with Crippen LogP contribution in [0.3, 0.4) is 0 Å². The number of unbranched alkanes of at least 4 members (excludes halogenated alkanes) is 7. The first-order valence-corrected chi connectivity index (χ1v) is 10.5. The summed E-state index contributed by atoms with van der Waals surface area (Å²) in [6.07, 6.45) is 10.8. The van der Waals surface area contributed by atoms with Gasteiger partial charge in [-0.3, -0.25) is 14.3 Å². The molecule has 2 rings (SSSR count). The zero-order valence-electron chi connectivity index (χ0n) is 17.3. The standard InChI is InChI=1S/C20H35N5O2/c1-5-7-8-9-10-11-12-13-14-25-16-17(22-19(25)21-15(3)6-2)24(4)20(27)23-18(16)26/h15H,5-14H2,1-4H3,(H,21,22)(H,23,26,27)/t15-/m0/s1. The highest BCUT2D eigenvalue weighted by molar-refractivity contribution is 5.74.